The maximum absolute atomic E-state index is 8.84. The van der Waals surface area contributed by atoms with Crippen molar-refractivity contribution in [3.63, 3.8) is 0 Å². The summed E-state index contributed by atoms with van der Waals surface area (Å²) in [6.07, 6.45) is 16.7. The molecule has 128 valence electrons. The second-order valence-corrected chi connectivity index (χ2v) is 6.03. The molecule has 0 radical (unpaired) electrons. The van der Waals surface area contributed by atoms with Gasteiger partial charge in [-0.2, -0.15) is 0 Å². The molecule has 1 N–H and O–H groups in total. The number of hydrogen-bond donors (Lipinski definition) is 1. The molecule has 0 aromatic carbocycles. The minimum atomic E-state index is 0.287. The predicted octanol–water partition coefficient (Wildman–Crippen LogP) is 5.06. The van der Waals surface area contributed by atoms with Gasteiger partial charge < -0.3 is 14.6 Å². The summed E-state index contributed by atoms with van der Waals surface area (Å²) in [6, 6.07) is 0. The number of rotatable bonds is 17. The maximum atomic E-state index is 8.84. The topological polar surface area (TPSA) is 38.7 Å². The number of methoxy groups -OCH3 is 1. The molecule has 21 heavy (non-hydrogen) atoms. The molecule has 0 fully saturated rings. The normalized spacial score (nSPS) is 12.7. The Labute approximate surface area is 132 Å². The van der Waals surface area contributed by atoms with Crippen LogP contribution in [-0.2, 0) is 9.47 Å². The smallest absolute Gasteiger partial charge is 0.146 e. The van der Waals surface area contributed by atoms with Crippen LogP contribution < -0.4 is 0 Å². The van der Waals surface area contributed by atoms with Gasteiger partial charge in [0.2, 0.25) is 0 Å². The van der Waals surface area contributed by atoms with Gasteiger partial charge in [0.15, 0.2) is 0 Å². The molecule has 0 saturated carbocycles. The number of aliphatic hydroxyl groups is 1. The van der Waals surface area contributed by atoms with E-state index in [9.17, 15) is 0 Å². The van der Waals surface area contributed by atoms with Crippen LogP contribution in [0.2, 0.25) is 0 Å². The van der Waals surface area contributed by atoms with Crippen LogP contribution in [0, 0.1) is 0 Å². The van der Waals surface area contributed by atoms with Crippen molar-refractivity contribution in [2.75, 3.05) is 20.5 Å². The first-order valence-corrected chi connectivity index (χ1v) is 9.06. The van der Waals surface area contributed by atoms with E-state index in [-0.39, 0.29) is 6.61 Å². The zero-order valence-corrected chi connectivity index (χ0v) is 14.4. The summed E-state index contributed by atoms with van der Waals surface area (Å²) >= 11 is 0. The highest BCUT2D eigenvalue weighted by Gasteiger charge is 2.08. The van der Waals surface area contributed by atoms with Crippen molar-refractivity contribution in [3.05, 3.63) is 0 Å². The average Bonchev–Trinajstić information content (AvgIpc) is 2.50. The summed E-state index contributed by atoms with van der Waals surface area (Å²) in [5.74, 6) is 0. The first kappa shape index (κ1) is 20.9. The standard InChI is InChI=1S/C18H38O3/c1-3-4-5-6-7-8-9-10-11-14-18(21-17-20-2)15-12-13-16-19/h18-19H,3-17H2,1-2H3/t18-/m0/s1. The Balaban J connectivity index is 3.44. The molecule has 0 spiro atoms. The molecule has 0 aromatic rings. The van der Waals surface area contributed by atoms with Crippen molar-refractivity contribution in [2.24, 2.45) is 0 Å². The Morgan fingerprint density at radius 3 is 1.81 bits per heavy atom. The van der Waals surface area contributed by atoms with E-state index >= 15 is 0 Å². The van der Waals surface area contributed by atoms with Gasteiger partial charge in [0, 0.05) is 13.7 Å². The summed E-state index contributed by atoms with van der Waals surface area (Å²) in [5, 5.41) is 8.84. The summed E-state index contributed by atoms with van der Waals surface area (Å²) in [4.78, 5) is 0. The molecule has 3 heteroatoms. The highest BCUT2D eigenvalue weighted by molar-refractivity contribution is 4.59. The van der Waals surface area contributed by atoms with E-state index in [1.165, 1.54) is 57.8 Å². The molecule has 0 amide bonds. The fourth-order valence-corrected chi connectivity index (χ4v) is 2.64. The van der Waals surface area contributed by atoms with Crippen molar-refractivity contribution in [2.45, 2.75) is 96.5 Å². The fraction of sp³-hybridized carbons (Fsp3) is 1.00. The minimum Gasteiger partial charge on any atom is -0.396 e. The number of aliphatic hydroxyl groups excluding tert-OH is 1. The SMILES string of the molecule is CCCCCCCCCCC[C@@H](CCCCO)OCOC. The van der Waals surface area contributed by atoms with Crippen molar-refractivity contribution < 1.29 is 14.6 Å². The number of unbranched alkanes of at least 4 members (excludes halogenated alkanes) is 9. The van der Waals surface area contributed by atoms with E-state index in [1.54, 1.807) is 7.11 Å². The monoisotopic (exact) mass is 302 g/mol. The van der Waals surface area contributed by atoms with E-state index in [0.29, 0.717) is 12.9 Å². The van der Waals surface area contributed by atoms with Gasteiger partial charge >= 0.3 is 0 Å². The van der Waals surface area contributed by atoms with Gasteiger partial charge in [-0.1, -0.05) is 64.7 Å². The summed E-state index contributed by atoms with van der Waals surface area (Å²) < 4.78 is 10.7. The van der Waals surface area contributed by atoms with Crippen LogP contribution in [0.4, 0.5) is 0 Å². The lowest BCUT2D eigenvalue weighted by Crippen LogP contribution is -2.15. The van der Waals surface area contributed by atoms with Crippen molar-refractivity contribution in [1.29, 1.82) is 0 Å². The van der Waals surface area contributed by atoms with E-state index in [2.05, 4.69) is 6.92 Å². The second-order valence-electron chi connectivity index (χ2n) is 6.03. The molecule has 0 saturated heterocycles. The van der Waals surface area contributed by atoms with Crippen LogP contribution in [0.5, 0.6) is 0 Å². The average molecular weight is 302 g/mol. The second kappa shape index (κ2) is 17.9. The lowest BCUT2D eigenvalue weighted by Gasteiger charge is -2.17. The third kappa shape index (κ3) is 16.1. The molecule has 0 heterocycles. The first-order chi connectivity index (χ1) is 10.3. The molecule has 0 bridgehead atoms. The van der Waals surface area contributed by atoms with E-state index in [0.717, 1.165) is 25.7 Å². The van der Waals surface area contributed by atoms with Crippen LogP contribution in [0.15, 0.2) is 0 Å². The quantitative estimate of drug-likeness (QED) is 0.301. The van der Waals surface area contributed by atoms with Crippen molar-refractivity contribution in [1.82, 2.24) is 0 Å². The van der Waals surface area contributed by atoms with Gasteiger partial charge in [0.1, 0.15) is 6.79 Å². The Kier molecular flexibility index (Phi) is 17.8. The van der Waals surface area contributed by atoms with Gasteiger partial charge in [-0.05, 0) is 25.7 Å². The van der Waals surface area contributed by atoms with Gasteiger partial charge in [-0.3, -0.25) is 0 Å². The molecule has 0 aliphatic carbocycles. The lowest BCUT2D eigenvalue weighted by atomic mass is 10.0. The molecule has 3 nitrogen and oxygen atoms in total. The van der Waals surface area contributed by atoms with Gasteiger partial charge in [-0.25, -0.2) is 0 Å². The Morgan fingerprint density at radius 2 is 1.29 bits per heavy atom. The predicted molar refractivity (Wildman–Crippen MR) is 89.5 cm³/mol. The Morgan fingerprint density at radius 1 is 0.762 bits per heavy atom. The molecule has 0 aliphatic heterocycles. The highest BCUT2D eigenvalue weighted by Crippen LogP contribution is 2.15. The first-order valence-electron chi connectivity index (χ1n) is 9.06. The Hall–Kier alpha value is -0.120. The van der Waals surface area contributed by atoms with Crippen molar-refractivity contribution in [3.8, 4) is 0 Å². The molecule has 0 unspecified atom stereocenters. The largest absolute Gasteiger partial charge is 0.396 e. The van der Waals surface area contributed by atoms with Crippen LogP contribution in [0.1, 0.15) is 90.4 Å². The molecule has 0 aromatic heterocycles. The van der Waals surface area contributed by atoms with E-state index < -0.39 is 0 Å². The third-order valence-corrected chi connectivity index (χ3v) is 3.99. The molecular weight excluding hydrogens is 264 g/mol. The highest BCUT2D eigenvalue weighted by atomic mass is 16.7. The molecule has 0 rings (SSSR count). The fourth-order valence-electron chi connectivity index (χ4n) is 2.64. The van der Waals surface area contributed by atoms with E-state index in [4.69, 9.17) is 14.6 Å². The zero-order chi connectivity index (χ0) is 15.6. The lowest BCUT2D eigenvalue weighted by molar-refractivity contribution is -0.0777. The van der Waals surface area contributed by atoms with Crippen LogP contribution >= 0.6 is 0 Å². The summed E-state index contributed by atoms with van der Waals surface area (Å²) in [5.41, 5.74) is 0. The Bertz CT molecular complexity index is 185. The third-order valence-electron chi connectivity index (χ3n) is 3.99. The zero-order valence-electron chi connectivity index (χ0n) is 14.4. The molecular formula is C18H38O3. The molecule has 0 aliphatic rings. The molecule has 1 atom stereocenters. The van der Waals surface area contributed by atoms with E-state index in [1.807, 2.05) is 0 Å². The van der Waals surface area contributed by atoms with Crippen LogP contribution in [-0.4, -0.2) is 31.7 Å². The van der Waals surface area contributed by atoms with Gasteiger partial charge in [0.05, 0.1) is 6.10 Å². The number of ether oxygens (including phenoxy) is 2. The summed E-state index contributed by atoms with van der Waals surface area (Å²) in [6.45, 7) is 2.94. The minimum absolute atomic E-state index is 0.287. The van der Waals surface area contributed by atoms with Crippen LogP contribution in [0.25, 0.3) is 0 Å². The maximum Gasteiger partial charge on any atom is 0.146 e. The van der Waals surface area contributed by atoms with Gasteiger partial charge in [-0.15, -0.1) is 0 Å². The van der Waals surface area contributed by atoms with Gasteiger partial charge in [0.25, 0.3) is 0 Å². The number of hydrogen-bond acceptors (Lipinski definition) is 3. The van der Waals surface area contributed by atoms with Crippen molar-refractivity contribution >= 4 is 0 Å². The summed E-state index contributed by atoms with van der Waals surface area (Å²) in [7, 11) is 1.67. The van der Waals surface area contributed by atoms with Crippen LogP contribution in [0.3, 0.4) is 0 Å².